The number of morpholine rings is 1. The second-order valence-corrected chi connectivity index (χ2v) is 5.82. The Morgan fingerprint density at radius 3 is 2.50 bits per heavy atom. The Balaban J connectivity index is 1.56. The lowest BCUT2D eigenvalue weighted by Gasteiger charge is -2.26. The van der Waals surface area contributed by atoms with Gasteiger partial charge in [0.2, 0.25) is 0 Å². The van der Waals surface area contributed by atoms with Gasteiger partial charge in [0.25, 0.3) is 0 Å². The largest absolute Gasteiger partial charge is 0.435 e. The molecule has 1 aliphatic heterocycles. The summed E-state index contributed by atoms with van der Waals surface area (Å²) in [4.78, 5) is 2.34. The van der Waals surface area contributed by atoms with Gasteiger partial charge in [-0.15, -0.1) is 0 Å². The quantitative estimate of drug-likeness (QED) is 0.688. The summed E-state index contributed by atoms with van der Waals surface area (Å²) in [5.74, 6) is 0.169. The SMILES string of the molecule is FC(F)Oc1ccc(CCNC(=S)NCCN2CCOCC2)cc1. The summed E-state index contributed by atoms with van der Waals surface area (Å²) in [6.07, 6.45) is 0.750. The van der Waals surface area contributed by atoms with E-state index in [4.69, 9.17) is 17.0 Å². The minimum absolute atomic E-state index is 0.169. The van der Waals surface area contributed by atoms with Crippen molar-refractivity contribution in [3.63, 3.8) is 0 Å². The standard InChI is InChI=1S/C16H23F2N3O2S/c17-15(18)23-14-3-1-13(2-4-14)5-6-19-16(24)20-7-8-21-9-11-22-12-10-21/h1-4,15H,5-12H2,(H2,19,20,24). The summed E-state index contributed by atoms with van der Waals surface area (Å²) < 4.78 is 33.8. The average Bonchev–Trinajstić information content (AvgIpc) is 2.57. The number of thiocarbonyl (C=S) groups is 1. The number of ether oxygens (including phenoxy) is 2. The Morgan fingerprint density at radius 1 is 1.17 bits per heavy atom. The van der Waals surface area contributed by atoms with E-state index in [1.165, 1.54) is 0 Å². The first-order valence-corrected chi connectivity index (χ1v) is 8.40. The van der Waals surface area contributed by atoms with Crippen LogP contribution in [-0.4, -0.2) is 62.6 Å². The Bertz CT molecular complexity index is 497. The van der Waals surface area contributed by atoms with Gasteiger partial charge in [0.05, 0.1) is 13.2 Å². The van der Waals surface area contributed by atoms with Gasteiger partial charge in [-0.25, -0.2) is 0 Å². The lowest BCUT2D eigenvalue weighted by molar-refractivity contribution is -0.0498. The fourth-order valence-corrected chi connectivity index (χ4v) is 2.58. The van der Waals surface area contributed by atoms with E-state index >= 15 is 0 Å². The summed E-state index contributed by atoms with van der Waals surface area (Å²) in [6, 6.07) is 6.63. The van der Waals surface area contributed by atoms with E-state index in [2.05, 4.69) is 20.3 Å². The number of benzene rings is 1. The Morgan fingerprint density at radius 2 is 1.83 bits per heavy atom. The van der Waals surface area contributed by atoms with E-state index in [-0.39, 0.29) is 5.75 Å². The number of hydrogen-bond acceptors (Lipinski definition) is 4. The molecule has 1 aliphatic rings. The van der Waals surface area contributed by atoms with E-state index in [1.54, 1.807) is 24.3 Å². The molecule has 24 heavy (non-hydrogen) atoms. The van der Waals surface area contributed by atoms with E-state index in [0.717, 1.165) is 51.4 Å². The van der Waals surface area contributed by atoms with Crippen LogP contribution in [0.1, 0.15) is 5.56 Å². The van der Waals surface area contributed by atoms with E-state index in [9.17, 15) is 8.78 Å². The van der Waals surface area contributed by atoms with Gasteiger partial charge in [-0.1, -0.05) is 12.1 Å². The summed E-state index contributed by atoms with van der Waals surface area (Å²) in [7, 11) is 0. The molecule has 0 unspecified atom stereocenters. The molecular weight excluding hydrogens is 336 g/mol. The normalized spacial score (nSPS) is 15.3. The minimum atomic E-state index is -2.79. The number of rotatable bonds is 8. The molecule has 2 N–H and O–H groups in total. The highest BCUT2D eigenvalue weighted by Gasteiger charge is 2.09. The molecule has 1 saturated heterocycles. The van der Waals surface area contributed by atoms with Crippen molar-refractivity contribution in [1.82, 2.24) is 15.5 Å². The molecule has 0 bridgehead atoms. The van der Waals surface area contributed by atoms with Crippen molar-refractivity contribution in [3.8, 4) is 5.75 Å². The third kappa shape index (κ3) is 7.37. The van der Waals surface area contributed by atoms with Crippen LogP contribution in [0.4, 0.5) is 8.78 Å². The zero-order chi connectivity index (χ0) is 17.2. The molecule has 0 saturated carbocycles. The lowest BCUT2D eigenvalue weighted by Crippen LogP contribution is -2.43. The van der Waals surface area contributed by atoms with Gasteiger partial charge in [0, 0.05) is 32.7 Å². The van der Waals surface area contributed by atoms with Gasteiger partial charge in [0.15, 0.2) is 5.11 Å². The van der Waals surface area contributed by atoms with Crippen molar-refractivity contribution >= 4 is 17.3 Å². The number of halogens is 2. The number of nitrogens with one attached hydrogen (secondary N) is 2. The highest BCUT2D eigenvalue weighted by molar-refractivity contribution is 7.80. The summed E-state index contributed by atoms with van der Waals surface area (Å²) in [6.45, 7) is 3.15. The maximum absolute atomic E-state index is 12.1. The fourth-order valence-electron chi connectivity index (χ4n) is 2.37. The molecule has 0 aliphatic carbocycles. The average molecular weight is 359 g/mol. The maximum atomic E-state index is 12.1. The summed E-state index contributed by atoms with van der Waals surface area (Å²) >= 11 is 5.24. The molecule has 8 heteroatoms. The first-order chi connectivity index (χ1) is 11.6. The zero-order valence-corrected chi connectivity index (χ0v) is 14.3. The highest BCUT2D eigenvalue weighted by atomic mass is 32.1. The molecule has 1 aromatic carbocycles. The molecule has 134 valence electrons. The van der Waals surface area contributed by atoms with Crippen LogP contribution in [-0.2, 0) is 11.2 Å². The van der Waals surface area contributed by atoms with Crippen LogP contribution in [0.3, 0.4) is 0 Å². The van der Waals surface area contributed by atoms with Crippen LogP contribution < -0.4 is 15.4 Å². The third-order valence-electron chi connectivity index (χ3n) is 3.67. The molecule has 1 aromatic rings. The predicted octanol–water partition coefficient (Wildman–Crippen LogP) is 1.63. The van der Waals surface area contributed by atoms with Crippen LogP contribution >= 0.6 is 12.2 Å². The van der Waals surface area contributed by atoms with E-state index in [0.29, 0.717) is 11.7 Å². The van der Waals surface area contributed by atoms with E-state index < -0.39 is 6.61 Å². The highest BCUT2D eigenvalue weighted by Crippen LogP contribution is 2.14. The molecule has 5 nitrogen and oxygen atoms in total. The van der Waals surface area contributed by atoms with Gasteiger partial charge in [-0.2, -0.15) is 8.78 Å². The second kappa shape index (κ2) is 10.4. The van der Waals surface area contributed by atoms with Crippen molar-refractivity contribution < 1.29 is 18.3 Å². The molecule has 0 amide bonds. The Labute approximate surface area is 146 Å². The number of nitrogens with zero attached hydrogens (tertiary/aromatic N) is 1. The van der Waals surface area contributed by atoms with Gasteiger partial charge >= 0.3 is 6.61 Å². The van der Waals surface area contributed by atoms with Crippen LogP contribution in [0.15, 0.2) is 24.3 Å². The van der Waals surface area contributed by atoms with Crippen molar-refractivity contribution in [2.24, 2.45) is 0 Å². The Hall–Kier alpha value is -1.51. The first-order valence-electron chi connectivity index (χ1n) is 7.99. The molecule has 2 rings (SSSR count). The fraction of sp³-hybridized carbons (Fsp3) is 0.562. The monoisotopic (exact) mass is 359 g/mol. The van der Waals surface area contributed by atoms with Gasteiger partial charge in [-0.05, 0) is 36.3 Å². The first kappa shape index (κ1) is 18.8. The number of alkyl halides is 2. The molecular formula is C16H23F2N3O2S. The maximum Gasteiger partial charge on any atom is 0.387 e. The van der Waals surface area contributed by atoms with Gasteiger partial charge in [0.1, 0.15) is 5.75 Å². The topological polar surface area (TPSA) is 45.8 Å². The van der Waals surface area contributed by atoms with Crippen molar-refractivity contribution in [2.45, 2.75) is 13.0 Å². The molecule has 1 fully saturated rings. The van der Waals surface area contributed by atoms with Crippen molar-refractivity contribution in [1.29, 1.82) is 0 Å². The van der Waals surface area contributed by atoms with Gasteiger partial charge < -0.3 is 20.1 Å². The van der Waals surface area contributed by atoms with Gasteiger partial charge in [-0.3, -0.25) is 4.90 Å². The zero-order valence-electron chi connectivity index (χ0n) is 13.5. The molecule has 1 heterocycles. The number of hydrogen-bond donors (Lipinski definition) is 2. The van der Waals surface area contributed by atoms with E-state index in [1.807, 2.05) is 0 Å². The molecule has 0 atom stereocenters. The second-order valence-electron chi connectivity index (χ2n) is 5.41. The van der Waals surface area contributed by atoms with Crippen LogP contribution in [0, 0.1) is 0 Å². The van der Waals surface area contributed by atoms with Crippen molar-refractivity contribution in [2.75, 3.05) is 45.9 Å². The Kier molecular flexibility index (Phi) is 8.14. The smallest absolute Gasteiger partial charge is 0.387 e. The lowest BCUT2D eigenvalue weighted by atomic mass is 10.1. The summed E-state index contributed by atoms with van der Waals surface area (Å²) in [5.41, 5.74) is 1.03. The molecule has 0 aromatic heterocycles. The van der Waals surface area contributed by atoms with Crippen LogP contribution in [0.5, 0.6) is 5.75 Å². The van der Waals surface area contributed by atoms with Crippen molar-refractivity contribution in [3.05, 3.63) is 29.8 Å². The minimum Gasteiger partial charge on any atom is -0.435 e. The van der Waals surface area contributed by atoms with Crippen LogP contribution in [0.25, 0.3) is 0 Å². The molecule has 0 spiro atoms. The third-order valence-corrected chi connectivity index (χ3v) is 3.95. The summed E-state index contributed by atoms with van der Waals surface area (Å²) in [5, 5.41) is 6.95. The predicted molar refractivity (Wildman–Crippen MR) is 92.6 cm³/mol. The molecule has 0 radical (unpaired) electrons. The van der Waals surface area contributed by atoms with Crippen LogP contribution in [0.2, 0.25) is 0 Å².